The van der Waals surface area contributed by atoms with Crippen LogP contribution < -0.4 is 0 Å². The van der Waals surface area contributed by atoms with Gasteiger partial charge in [0.2, 0.25) is 0 Å². The van der Waals surface area contributed by atoms with E-state index >= 15 is 0 Å². The summed E-state index contributed by atoms with van der Waals surface area (Å²) >= 11 is 1.51. The molecule has 0 aromatic carbocycles. The van der Waals surface area contributed by atoms with Gasteiger partial charge in [-0.25, -0.2) is 9.78 Å². The molecule has 13 heavy (non-hydrogen) atoms. The van der Waals surface area contributed by atoms with Crippen molar-refractivity contribution in [1.82, 2.24) is 4.98 Å². The molecule has 1 aromatic rings. The summed E-state index contributed by atoms with van der Waals surface area (Å²) in [6.07, 6.45) is 6.39. The summed E-state index contributed by atoms with van der Waals surface area (Å²) in [5.41, 5.74) is 0.697. The van der Waals surface area contributed by atoms with Crippen molar-refractivity contribution in [2.75, 3.05) is 0 Å². The first-order valence-corrected chi connectivity index (χ1v) is 4.55. The minimum atomic E-state index is -0.929. The molecule has 0 atom stereocenters. The number of aliphatic carboxylic acids is 1. The fraction of sp³-hybridized carbons (Fsp3) is 0.111. The van der Waals surface area contributed by atoms with Crippen LogP contribution in [0.3, 0.4) is 0 Å². The zero-order chi connectivity index (χ0) is 9.68. The molecule has 0 saturated carbocycles. The fourth-order valence-corrected chi connectivity index (χ4v) is 1.29. The van der Waals surface area contributed by atoms with Crippen molar-refractivity contribution in [2.45, 2.75) is 6.92 Å². The van der Waals surface area contributed by atoms with Gasteiger partial charge in [0.25, 0.3) is 0 Å². The summed E-state index contributed by atoms with van der Waals surface area (Å²) in [5, 5.41) is 11.2. The molecule has 1 aromatic heterocycles. The first kappa shape index (κ1) is 9.67. The summed E-state index contributed by atoms with van der Waals surface area (Å²) in [6.45, 7) is 1.73. The summed E-state index contributed by atoms with van der Waals surface area (Å²) in [7, 11) is 0. The van der Waals surface area contributed by atoms with Crippen LogP contribution in [0.2, 0.25) is 0 Å². The molecular weight excluding hydrogens is 186 g/mol. The number of aromatic nitrogens is 1. The van der Waals surface area contributed by atoms with Crippen LogP contribution in [0.5, 0.6) is 0 Å². The van der Waals surface area contributed by atoms with Crippen LogP contribution >= 0.6 is 11.3 Å². The third-order valence-corrected chi connectivity index (χ3v) is 2.03. The number of hydrogen-bond acceptors (Lipinski definition) is 3. The van der Waals surface area contributed by atoms with Gasteiger partial charge in [-0.3, -0.25) is 0 Å². The third kappa shape index (κ3) is 3.66. The second-order valence-electron chi connectivity index (χ2n) is 2.43. The predicted octanol–water partition coefficient (Wildman–Crippen LogP) is 2.19. The van der Waals surface area contributed by atoms with Gasteiger partial charge in [0.15, 0.2) is 0 Å². The van der Waals surface area contributed by atoms with Crippen molar-refractivity contribution < 1.29 is 9.90 Å². The molecule has 0 bridgehead atoms. The van der Waals surface area contributed by atoms with E-state index in [1.165, 1.54) is 11.3 Å². The molecule has 1 N–H and O–H groups in total. The smallest absolute Gasteiger partial charge is 0.328 e. The van der Waals surface area contributed by atoms with E-state index in [2.05, 4.69) is 4.98 Å². The number of carbonyl (C=O) groups is 1. The molecule has 0 fully saturated rings. The Morgan fingerprint density at radius 2 is 2.46 bits per heavy atom. The van der Waals surface area contributed by atoms with Crippen LogP contribution in [0.1, 0.15) is 11.9 Å². The first-order chi connectivity index (χ1) is 6.18. The van der Waals surface area contributed by atoms with Gasteiger partial charge in [0, 0.05) is 17.7 Å². The normalized spacial score (nSPS) is 12.2. The number of carboxylic acid groups (broad SMARTS) is 1. The Morgan fingerprint density at radius 3 is 3.00 bits per heavy atom. The SMILES string of the molecule is CC(=C/C(=O)O)/C=C/c1nccs1. The van der Waals surface area contributed by atoms with Crippen LogP contribution in [0.4, 0.5) is 0 Å². The highest BCUT2D eigenvalue weighted by Crippen LogP contribution is 2.07. The first-order valence-electron chi connectivity index (χ1n) is 3.67. The highest BCUT2D eigenvalue weighted by atomic mass is 32.1. The number of hydrogen-bond donors (Lipinski definition) is 1. The second kappa shape index (κ2) is 4.57. The van der Waals surface area contributed by atoms with Crippen molar-refractivity contribution in [3.05, 3.63) is 34.3 Å². The Kier molecular flexibility index (Phi) is 3.40. The lowest BCUT2D eigenvalue weighted by Crippen LogP contribution is -1.87. The zero-order valence-corrected chi connectivity index (χ0v) is 7.91. The molecule has 0 aliphatic heterocycles. The van der Waals surface area contributed by atoms with Crippen LogP contribution in [-0.4, -0.2) is 16.1 Å². The van der Waals surface area contributed by atoms with E-state index in [0.717, 1.165) is 11.1 Å². The molecule has 1 heterocycles. The van der Waals surface area contributed by atoms with Gasteiger partial charge in [-0.1, -0.05) is 6.08 Å². The minimum absolute atomic E-state index is 0.697. The Balaban J connectivity index is 2.64. The summed E-state index contributed by atoms with van der Waals surface area (Å²) in [4.78, 5) is 14.3. The quantitative estimate of drug-likeness (QED) is 0.594. The maximum atomic E-state index is 10.2. The van der Waals surface area contributed by atoms with Crippen molar-refractivity contribution in [3.8, 4) is 0 Å². The van der Waals surface area contributed by atoms with Crippen LogP contribution in [0.25, 0.3) is 6.08 Å². The van der Waals surface area contributed by atoms with Crippen molar-refractivity contribution >= 4 is 23.4 Å². The standard InChI is InChI=1S/C9H9NO2S/c1-7(6-9(11)12)2-3-8-10-4-5-13-8/h2-6H,1H3,(H,11,12)/b3-2+,7-6-. The molecule has 0 aliphatic rings. The van der Waals surface area contributed by atoms with Gasteiger partial charge < -0.3 is 5.11 Å². The number of nitrogens with zero attached hydrogens (tertiary/aromatic N) is 1. The lowest BCUT2D eigenvalue weighted by Gasteiger charge is -1.87. The van der Waals surface area contributed by atoms with E-state index in [4.69, 9.17) is 5.11 Å². The third-order valence-electron chi connectivity index (χ3n) is 1.29. The summed E-state index contributed by atoms with van der Waals surface area (Å²) < 4.78 is 0. The Labute approximate surface area is 80.1 Å². The van der Waals surface area contributed by atoms with Gasteiger partial charge in [0.05, 0.1) is 0 Å². The molecule has 1 rings (SSSR count). The number of thiazole rings is 1. The van der Waals surface area contributed by atoms with Gasteiger partial charge in [-0.15, -0.1) is 11.3 Å². The van der Waals surface area contributed by atoms with Crippen molar-refractivity contribution in [1.29, 1.82) is 0 Å². The Morgan fingerprint density at radius 1 is 1.69 bits per heavy atom. The Hall–Kier alpha value is -1.42. The maximum Gasteiger partial charge on any atom is 0.328 e. The monoisotopic (exact) mass is 195 g/mol. The van der Waals surface area contributed by atoms with Gasteiger partial charge in [-0.05, 0) is 18.6 Å². The molecule has 3 nitrogen and oxygen atoms in total. The van der Waals surface area contributed by atoms with Gasteiger partial charge in [-0.2, -0.15) is 0 Å². The van der Waals surface area contributed by atoms with Crippen molar-refractivity contribution in [3.63, 3.8) is 0 Å². The summed E-state index contributed by atoms with van der Waals surface area (Å²) in [6, 6.07) is 0. The maximum absolute atomic E-state index is 10.2. The molecule has 0 spiro atoms. The van der Waals surface area contributed by atoms with Gasteiger partial charge >= 0.3 is 5.97 Å². The van der Waals surface area contributed by atoms with Gasteiger partial charge in [0.1, 0.15) is 5.01 Å². The van der Waals surface area contributed by atoms with E-state index in [-0.39, 0.29) is 0 Å². The summed E-state index contributed by atoms with van der Waals surface area (Å²) in [5.74, 6) is -0.929. The van der Waals surface area contributed by atoms with Crippen LogP contribution in [0.15, 0.2) is 29.3 Å². The molecule has 0 aliphatic carbocycles. The number of allylic oxidation sites excluding steroid dienone is 2. The average Bonchev–Trinajstić information content (AvgIpc) is 2.51. The molecule has 0 radical (unpaired) electrons. The van der Waals surface area contributed by atoms with E-state index < -0.39 is 5.97 Å². The fourth-order valence-electron chi connectivity index (χ4n) is 0.762. The molecule has 0 unspecified atom stereocenters. The topological polar surface area (TPSA) is 50.2 Å². The molecule has 0 saturated heterocycles. The van der Waals surface area contributed by atoms with E-state index in [9.17, 15) is 4.79 Å². The lowest BCUT2D eigenvalue weighted by atomic mass is 10.2. The zero-order valence-electron chi connectivity index (χ0n) is 7.10. The molecule has 68 valence electrons. The highest BCUT2D eigenvalue weighted by Gasteiger charge is 1.90. The lowest BCUT2D eigenvalue weighted by molar-refractivity contribution is -0.131. The van der Waals surface area contributed by atoms with Crippen molar-refractivity contribution in [2.24, 2.45) is 0 Å². The molecule has 0 amide bonds. The number of carboxylic acids is 1. The minimum Gasteiger partial charge on any atom is -0.478 e. The van der Waals surface area contributed by atoms with E-state index in [0.29, 0.717) is 5.57 Å². The van der Waals surface area contributed by atoms with Crippen LogP contribution in [-0.2, 0) is 4.79 Å². The molecule has 4 heteroatoms. The largest absolute Gasteiger partial charge is 0.478 e. The van der Waals surface area contributed by atoms with Crippen LogP contribution in [0, 0.1) is 0 Å². The molecular formula is C9H9NO2S. The highest BCUT2D eigenvalue weighted by molar-refractivity contribution is 7.10. The van der Waals surface area contributed by atoms with E-state index in [1.807, 2.05) is 5.38 Å². The Bertz CT molecular complexity index is 339. The number of rotatable bonds is 3. The second-order valence-corrected chi connectivity index (χ2v) is 3.36. The average molecular weight is 195 g/mol. The van der Waals surface area contributed by atoms with E-state index in [1.54, 1.807) is 25.3 Å². The predicted molar refractivity (Wildman–Crippen MR) is 52.5 cm³/mol.